The third-order valence-electron chi connectivity index (χ3n) is 2.27. The molecule has 82 valence electrons. The fourth-order valence-corrected chi connectivity index (χ4v) is 1.61. The Morgan fingerprint density at radius 2 is 1.94 bits per heavy atom. The van der Waals surface area contributed by atoms with Crippen LogP contribution in [0.3, 0.4) is 0 Å². The van der Waals surface area contributed by atoms with E-state index in [9.17, 15) is 9.59 Å². The van der Waals surface area contributed by atoms with Gasteiger partial charge in [-0.2, -0.15) is 0 Å². The summed E-state index contributed by atoms with van der Waals surface area (Å²) in [5, 5.41) is 0. The maximum atomic E-state index is 11.6. The van der Waals surface area contributed by atoms with Crippen LogP contribution in [0.25, 0.3) is 11.1 Å². The Morgan fingerprint density at radius 1 is 1.31 bits per heavy atom. The summed E-state index contributed by atoms with van der Waals surface area (Å²) in [5.74, 6) is -0.688. The third kappa shape index (κ3) is 1.52. The lowest BCUT2D eigenvalue weighted by molar-refractivity contribution is 0.0981. The van der Waals surface area contributed by atoms with Gasteiger partial charge in [0.05, 0.1) is 0 Å². The number of rotatable bonds is 2. The van der Waals surface area contributed by atoms with E-state index < -0.39 is 11.5 Å². The lowest BCUT2D eigenvalue weighted by Gasteiger charge is -1.99. The van der Waals surface area contributed by atoms with Gasteiger partial charge in [0.2, 0.25) is 0 Å². The predicted molar refractivity (Wildman–Crippen MR) is 57.9 cm³/mol. The van der Waals surface area contributed by atoms with Gasteiger partial charge >= 0.3 is 5.63 Å². The molecule has 0 aliphatic rings. The van der Waals surface area contributed by atoms with Gasteiger partial charge in [0, 0.05) is 7.05 Å². The lowest BCUT2D eigenvalue weighted by Crippen LogP contribution is -2.16. The van der Waals surface area contributed by atoms with Crippen LogP contribution >= 0.6 is 0 Å². The topological polar surface area (TPSA) is 78.2 Å². The summed E-state index contributed by atoms with van der Waals surface area (Å²) < 4.78 is 5.91. The molecule has 1 amide bonds. The van der Waals surface area contributed by atoms with Crippen molar-refractivity contribution in [3.05, 3.63) is 46.4 Å². The Hall–Kier alpha value is -2.30. The molecule has 0 radical (unpaired) electrons. The van der Waals surface area contributed by atoms with Crippen LogP contribution in [0.2, 0.25) is 0 Å². The molecule has 1 heterocycles. The van der Waals surface area contributed by atoms with Gasteiger partial charge in [-0.25, -0.2) is 9.53 Å². The van der Waals surface area contributed by atoms with E-state index >= 15 is 0 Å². The smallest absolute Gasteiger partial charge is 0.364 e. The van der Waals surface area contributed by atoms with Crippen LogP contribution in [0.5, 0.6) is 0 Å². The fraction of sp³-hybridized carbons (Fsp3) is 0.0909. The second-order valence-electron chi connectivity index (χ2n) is 3.33. The van der Waals surface area contributed by atoms with E-state index in [0.717, 1.165) is 4.74 Å². The average molecular weight is 218 g/mol. The lowest BCUT2D eigenvalue weighted by atomic mass is 10.1. The highest BCUT2D eigenvalue weighted by Crippen LogP contribution is 2.19. The van der Waals surface area contributed by atoms with Crippen molar-refractivity contribution in [2.45, 2.75) is 0 Å². The number of carbonyl (C=O) groups is 1. The predicted octanol–water partition coefficient (Wildman–Crippen LogP) is 0.744. The summed E-state index contributed by atoms with van der Waals surface area (Å²) >= 11 is 0. The molecule has 0 spiro atoms. The van der Waals surface area contributed by atoms with E-state index in [1.807, 2.05) is 6.07 Å². The molecule has 0 bridgehead atoms. The first-order chi connectivity index (χ1) is 7.61. The van der Waals surface area contributed by atoms with Crippen LogP contribution < -0.4 is 11.4 Å². The quantitative estimate of drug-likeness (QED) is 0.807. The first-order valence-corrected chi connectivity index (χ1v) is 4.67. The van der Waals surface area contributed by atoms with Gasteiger partial charge in [-0.1, -0.05) is 30.3 Å². The zero-order valence-electron chi connectivity index (χ0n) is 8.64. The molecule has 5 heteroatoms. The molecular formula is C11H10N2O3. The monoisotopic (exact) mass is 218 g/mol. The summed E-state index contributed by atoms with van der Waals surface area (Å²) in [6.07, 6.45) is 0. The van der Waals surface area contributed by atoms with Gasteiger partial charge in [-0.05, 0) is 5.56 Å². The number of amides is 1. The summed E-state index contributed by atoms with van der Waals surface area (Å²) in [5.41, 5.74) is 5.54. The number of carbonyl (C=O) groups excluding carboxylic acids is 1. The fourth-order valence-electron chi connectivity index (χ4n) is 1.61. The van der Waals surface area contributed by atoms with Gasteiger partial charge < -0.3 is 10.3 Å². The van der Waals surface area contributed by atoms with Crippen LogP contribution in [-0.4, -0.2) is 10.6 Å². The Labute approximate surface area is 91.1 Å². The second-order valence-corrected chi connectivity index (χ2v) is 3.33. The minimum atomic E-state index is -0.688. The standard InChI is InChI=1S/C11H10N2O3/c1-13-9(10(12)14)8(11(15)16-13)7-5-3-2-4-6-7/h2-6H,1H3,(H2,12,14). The van der Waals surface area contributed by atoms with Gasteiger partial charge in [0.1, 0.15) is 5.56 Å². The van der Waals surface area contributed by atoms with Crippen LogP contribution in [0.15, 0.2) is 39.6 Å². The zero-order chi connectivity index (χ0) is 11.7. The zero-order valence-corrected chi connectivity index (χ0v) is 8.64. The Bertz CT molecular complexity index is 581. The van der Waals surface area contributed by atoms with Crippen molar-refractivity contribution in [3.63, 3.8) is 0 Å². The van der Waals surface area contributed by atoms with E-state index in [1.165, 1.54) is 7.05 Å². The minimum absolute atomic E-state index is 0.0798. The Morgan fingerprint density at radius 3 is 2.50 bits per heavy atom. The van der Waals surface area contributed by atoms with E-state index in [-0.39, 0.29) is 11.3 Å². The van der Waals surface area contributed by atoms with Crippen LogP contribution in [0.1, 0.15) is 10.5 Å². The van der Waals surface area contributed by atoms with Crippen molar-refractivity contribution in [3.8, 4) is 11.1 Å². The highest BCUT2D eigenvalue weighted by Gasteiger charge is 2.20. The number of aromatic nitrogens is 1. The molecule has 5 nitrogen and oxygen atoms in total. The normalized spacial score (nSPS) is 10.3. The van der Waals surface area contributed by atoms with Crippen molar-refractivity contribution >= 4 is 5.91 Å². The van der Waals surface area contributed by atoms with Gasteiger partial charge in [0.15, 0.2) is 5.69 Å². The SMILES string of the molecule is Cn1oc(=O)c(-c2ccccc2)c1C(N)=O. The molecular weight excluding hydrogens is 208 g/mol. The summed E-state index contributed by atoms with van der Waals surface area (Å²) in [4.78, 5) is 22.8. The third-order valence-corrected chi connectivity index (χ3v) is 2.27. The van der Waals surface area contributed by atoms with Gasteiger partial charge in [-0.15, -0.1) is 0 Å². The van der Waals surface area contributed by atoms with Crippen molar-refractivity contribution < 1.29 is 9.32 Å². The molecule has 1 aromatic heterocycles. The molecule has 0 saturated carbocycles. The molecule has 2 N–H and O–H groups in total. The number of primary amides is 1. The molecule has 2 rings (SSSR count). The van der Waals surface area contributed by atoms with E-state index in [2.05, 4.69) is 0 Å². The van der Waals surface area contributed by atoms with E-state index in [1.54, 1.807) is 24.3 Å². The molecule has 1 aromatic carbocycles. The van der Waals surface area contributed by atoms with Crippen molar-refractivity contribution in [2.24, 2.45) is 12.8 Å². The maximum absolute atomic E-state index is 11.6. The first kappa shape index (κ1) is 10.2. The number of nitrogens with zero attached hydrogens (tertiary/aromatic N) is 1. The molecule has 2 aromatic rings. The van der Waals surface area contributed by atoms with Crippen LogP contribution in [0.4, 0.5) is 0 Å². The molecule has 0 aliphatic carbocycles. The number of benzene rings is 1. The molecule has 0 saturated heterocycles. The Kier molecular flexibility index (Phi) is 2.36. The Balaban J connectivity index is 2.75. The van der Waals surface area contributed by atoms with Crippen molar-refractivity contribution in [1.29, 1.82) is 0 Å². The second kappa shape index (κ2) is 3.69. The first-order valence-electron chi connectivity index (χ1n) is 4.67. The van der Waals surface area contributed by atoms with Gasteiger partial charge in [-0.3, -0.25) is 4.79 Å². The number of nitrogens with two attached hydrogens (primary N) is 1. The summed E-state index contributed by atoms with van der Waals surface area (Å²) in [6, 6.07) is 8.80. The molecule has 0 fully saturated rings. The highest BCUT2D eigenvalue weighted by molar-refractivity contribution is 5.97. The average Bonchev–Trinajstić information content (AvgIpc) is 2.55. The molecule has 0 unspecified atom stereocenters. The maximum Gasteiger partial charge on any atom is 0.366 e. The highest BCUT2D eigenvalue weighted by atomic mass is 16.5. The summed E-state index contributed by atoms with van der Waals surface area (Å²) in [7, 11) is 1.47. The van der Waals surface area contributed by atoms with E-state index in [0.29, 0.717) is 5.56 Å². The number of hydrogen-bond donors (Lipinski definition) is 1. The van der Waals surface area contributed by atoms with Crippen LogP contribution in [-0.2, 0) is 7.05 Å². The minimum Gasteiger partial charge on any atom is -0.364 e. The van der Waals surface area contributed by atoms with Gasteiger partial charge in [0.25, 0.3) is 5.91 Å². The molecule has 0 atom stereocenters. The van der Waals surface area contributed by atoms with Crippen molar-refractivity contribution in [2.75, 3.05) is 0 Å². The molecule has 0 aliphatic heterocycles. The summed E-state index contributed by atoms with van der Waals surface area (Å²) in [6.45, 7) is 0. The number of aryl methyl sites for hydroxylation is 1. The number of hydrogen-bond acceptors (Lipinski definition) is 3. The van der Waals surface area contributed by atoms with Crippen molar-refractivity contribution in [1.82, 2.24) is 4.74 Å². The largest absolute Gasteiger partial charge is 0.366 e. The van der Waals surface area contributed by atoms with Crippen LogP contribution in [0, 0.1) is 0 Å². The molecule has 16 heavy (non-hydrogen) atoms. The van der Waals surface area contributed by atoms with E-state index in [4.69, 9.17) is 10.3 Å².